The highest BCUT2D eigenvalue weighted by atomic mass is 16.1. The van der Waals surface area contributed by atoms with Crippen LogP contribution in [0.1, 0.15) is 59.3 Å². The van der Waals surface area contributed by atoms with Gasteiger partial charge in [0.05, 0.1) is 0 Å². The van der Waals surface area contributed by atoms with Crippen molar-refractivity contribution in [1.82, 2.24) is 10.6 Å². The van der Waals surface area contributed by atoms with E-state index in [1.165, 1.54) is 32.1 Å². The summed E-state index contributed by atoms with van der Waals surface area (Å²) in [5, 5.41) is 6.34. The van der Waals surface area contributed by atoms with Crippen molar-refractivity contribution in [2.24, 2.45) is 11.3 Å². The van der Waals surface area contributed by atoms with Crippen molar-refractivity contribution in [2.45, 2.75) is 59.3 Å². The van der Waals surface area contributed by atoms with E-state index in [2.05, 4.69) is 24.5 Å². The molecule has 1 saturated carbocycles. The molecule has 3 nitrogen and oxygen atoms in total. The molecule has 1 amide bonds. The van der Waals surface area contributed by atoms with E-state index in [9.17, 15) is 4.79 Å². The van der Waals surface area contributed by atoms with E-state index in [1.807, 2.05) is 6.92 Å². The molecule has 0 bridgehead atoms. The first-order valence-electron chi connectivity index (χ1n) is 7.55. The number of carbonyl (C=O) groups excluding carboxylic acids is 1. The summed E-state index contributed by atoms with van der Waals surface area (Å²) in [5.41, 5.74) is 0.509. The molecule has 0 unspecified atom stereocenters. The van der Waals surface area contributed by atoms with Crippen LogP contribution in [0.4, 0.5) is 0 Å². The average Bonchev–Trinajstić information content (AvgIpc) is 2.73. The van der Waals surface area contributed by atoms with Gasteiger partial charge in [-0.05, 0) is 37.5 Å². The SMILES string of the molecule is CCNC(=O)CCNCC1(CC(C)C)CCCC1. The van der Waals surface area contributed by atoms with E-state index < -0.39 is 0 Å². The lowest BCUT2D eigenvalue weighted by Gasteiger charge is -2.31. The van der Waals surface area contributed by atoms with Crippen LogP contribution in [0.2, 0.25) is 0 Å². The molecule has 106 valence electrons. The van der Waals surface area contributed by atoms with E-state index in [-0.39, 0.29) is 5.91 Å². The number of rotatable bonds is 8. The summed E-state index contributed by atoms with van der Waals surface area (Å²) in [4.78, 5) is 11.3. The molecule has 0 saturated heterocycles. The molecule has 1 aliphatic carbocycles. The molecule has 18 heavy (non-hydrogen) atoms. The van der Waals surface area contributed by atoms with E-state index in [1.54, 1.807) is 0 Å². The van der Waals surface area contributed by atoms with Gasteiger partial charge in [-0.2, -0.15) is 0 Å². The molecule has 2 N–H and O–H groups in total. The molecular formula is C15H30N2O. The molecule has 1 aliphatic rings. The number of hydrogen-bond acceptors (Lipinski definition) is 2. The normalized spacial score (nSPS) is 18.2. The monoisotopic (exact) mass is 254 g/mol. The zero-order chi connectivity index (χ0) is 13.4. The van der Waals surface area contributed by atoms with Gasteiger partial charge in [0.2, 0.25) is 5.91 Å². The lowest BCUT2D eigenvalue weighted by molar-refractivity contribution is -0.120. The highest BCUT2D eigenvalue weighted by Gasteiger charge is 2.33. The van der Waals surface area contributed by atoms with Crippen LogP contribution in [0.3, 0.4) is 0 Å². The van der Waals surface area contributed by atoms with Crippen LogP contribution in [0, 0.1) is 11.3 Å². The fourth-order valence-corrected chi connectivity index (χ4v) is 3.29. The summed E-state index contributed by atoms with van der Waals surface area (Å²) in [6.07, 6.45) is 7.40. The van der Waals surface area contributed by atoms with Crippen molar-refractivity contribution in [3.8, 4) is 0 Å². The Morgan fingerprint density at radius 2 is 1.94 bits per heavy atom. The van der Waals surface area contributed by atoms with Gasteiger partial charge in [0, 0.05) is 26.1 Å². The summed E-state index contributed by atoms with van der Waals surface area (Å²) in [6, 6.07) is 0. The Morgan fingerprint density at radius 3 is 2.50 bits per heavy atom. The first-order chi connectivity index (χ1) is 8.58. The summed E-state index contributed by atoms with van der Waals surface area (Å²) in [6.45, 7) is 9.22. The maximum atomic E-state index is 11.3. The first kappa shape index (κ1) is 15.5. The van der Waals surface area contributed by atoms with Gasteiger partial charge in [-0.25, -0.2) is 0 Å². The van der Waals surface area contributed by atoms with Crippen LogP contribution in [-0.4, -0.2) is 25.5 Å². The maximum absolute atomic E-state index is 11.3. The second kappa shape index (κ2) is 7.78. The van der Waals surface area contributed by atoms with Crippen molar-refractivity contribution in [3.05, 3.63) is 0 Å². The van der Waals surface area contributed by atoms with Crippen LogP contribution in [0.25, 0.3) is 0 Å². The Balaban J connectivity index is 2.24. The smallest absolute Gasteiger partial charge is 0.221 e. The van der Waals surface area contributed by atoms with E-state index in [0.29, 0.717) is 11.8 Å². The summed E-state index contributed by atoms with van der Waals surface area (Å²) < 4.78 is 0. The zero-order valence-electron chi connectivity index (χ0n) is 12.3. The Hall–Kier alpha value is -0.570. The van der Waals surface area contributed by atoms with Crippen LogP contribution in [-0.2, 0) is 4.79 Å². The highest BCUT2D eigenvalue weighted by Crippen LogP contribution is 2.42. The predicted octanol–water partition coefficient (Wildman–Crippen LogP) is 2.71. The number of nitrogens with one attached hydrogen (secondary N) is 2. The average molecular weight is 254 g/mol. The van der Waals surface area contributed by atoms with Crippen molar-refractivity contribution in [3.63, 3.8) is 0 Å². The van der Waals surface area contributed by atoms with Gasteiger partial charge in [-0.3, -0.25) is 4.79 Å². The van der Waals surface area contributed by atoms with Crippen LogP contribution in [0.15, 0.2) is 0 Å². The van der Waals surface area contributed by atoms with Crippen LogP contribution in [0.5, 0.6) is 0 Å². The molecule has 0 aromatic carbocycles. The fraction of sp³-hybridized carbons (Fsp3) is 0.933. The summed E-state index contributed by atoms with van der Waals surface area (Å²) in [5.74, 6) is 0.933. The lowest BCUT2D eigenvalue weighted by Crippen LogP contribution is -2.35. The fourth-order valence-electron chi connectivity index (χ4n) is 3.29. The van der Waals surface area contributed by atoms with Crippen molar-refractivity contribution in [1.29, 1.82) is 0 Å². The molecule has 0 spiro atoms. The zero-order valence-corrected chi connectivity index (χ0v) is 12.3. The van der Waals surface area contributed by atoms with Crippen LogP contribution >= 0.6 is 0 Å². The van der Waals surface area contributed by atoms with Crippen molar-refractivity contribution < 1.29 is 4.79 Å². The molecule has 3 heteroatoms. The minimum absolute atomic E-state index is 0.161. The lowest BCUT2D eigenvalue weighted by atomic mass is 9.78. The molecule has 0 radical (unpaired) electrons. The van der Waals surface area contributed by atoms with Gasteiger partial charge in [0.15, 0.2) is 0 Å². The Bertz CT molecular complexity index is 245. The van der Waals surface area contributed by atoms with Gasteiger partial charge >= 0.3 is 0 Å². The second-order valence-electron chi connectivity index (χ2n) is 6.19. The maximum Gasteiger partial charge on any atom is 0.221 e. The Morgan fingerprint density at radius 1 is 1.28 bits per heavy atom. The van der Waals surface area contributed by atoms with Gasteiger partial charge in [0.25, 0.3) is 0 Å². The predicted molar refractivity (Wildman–Crippen MR) is 76.5 cm³/mol. The van der Waals surface area contributed by atoms with E-state index in [0.717, 1.165) is 25.6 Å². The standard InChI is InChI=1S/C15H30N2O/c1-4-17-14(18)7-10-16-12-15(11-13(2)3)8-5-6-9-15/h13,16H,4-12H2,1-3H3,(H,17,18). The van der Waals surface area contributed by atoms with Gasteiger partial charge in [-0.1, -0.05) is 26.7 Å². The molecule has 1 fully saturated rings. The number of carbonyl (C=O) groups is 1. The summed E-state index contributed by atoms with van der Waals surface area (Å²) >= 11 is 0. The third-order valence-electron chi connectivity index (χ3n) is 3.91. The number of amides is 1. The first-order valence-corrected chi connectivity index (χ1v) is 7.55. The largest absolute Gasteiger partial charge is 0.356 e. The van der Waals surface area contributed by atoms with Crippen LogP contribution < -0.4 is 10.6 Å². The Labute approximate surface area is 112 Å². The quantitative estimate of drug-likeness (QED) is 0.654. The molecular weight excluding hydrogens is 224 g/mol. The van der Waals surface area contributed by atoms with Gasteiger partial charge < -0.3 is 10.6 Å². The van der Waals surface area contributed by atoms with Crippen molar-refractivity contribution in [2.75, 3.05) is 19.6 Å². The third kappa shape index (κ3) is 5.38. The molecule has 1 rings (SSSR count). The van der Waals surface area contributed by atoms with Gasteiger partial charge in [0.1, 0.15) is 0 Å². The minimum Gasteiger partial charge on any atom is -0.356 e. The Kier molecular flexibility index (Phi) is 6.69. The molecule has 0 aliphatic heterocycles. The third-order valence-corrected chi connectivity index (χ3v) is 3.91. The van der Waals surface area contributed by atoms with Crippen molar-refractivity contribution >= 4 is 5.91 Å². The topological polar surface area (TPSA) is 41.1 Å². The molecule has 0 aromatic heterocycles. The van der Waals surface area contributed by atoms with Gasteiger partial charge in [-0.15, -0.1) is 0 Å². The summed E-state index contributed by atoms with van der Waals surface area (Å²) in [7, 11) is 0. The van der Waals surface area contributed by atoms with E-state index in [4.69, 9.17) is 0 Å². The molecule has 0 atom stereocenters. The number of hydrogen-bond donors (Lipinski definition) is 2. The molecule has 0 heterocycles. The molecule has 0 aromatic rings. The highest BCUT2D eigenvalue weighted by molar-refractivity contribution is 5.75. The van der Waals surface area contributed by atoms with E-state index >= 15 is 0 Å². The minimum atomic E-state index is 0.161. The second-order valence-corrected chi connectivity index (χ2v) is 6.19.